The predicted molar refractivity (Wildman–Crippen MR) is 85.1 cm³/mol. The lowest BCUT2D eigenvalue weighted by Crippen LogP contribution is -2.40. The van der Waals surface area contributed by atoms with E-state index in [-0.39, 0.29) is 0 Å². The smallest absolute Gasteiger partial charge is 0.138 e. The molecule has 1 unspecified atom stereocenters. The molecule has 1 aromatic heterocycles. The monoisotopic (exact) mass is 305 g/mol. The summed E-state index contributed by atoms with van der Waals surface area (Å²) in [6.07, 6.45) is 7.03. The van der Waals surface area contributed by atoms with Crippen molar-refractivity contribution in [3.63, 3.8) is 0 Å². The van der Waals surface area contributed by atoms with E-state index in [1.807, 2.05) is 18.2 Å². The van der Waals surface area contributed by atoms with Gasteiger partial charge in [-0.15, -0.1) is 0 Å². The molecule has 0 saturated carbocycles. The van der Waals surface area contributed by atoms with Gasteiger partial charge in [0.15, 0.2) is 0 Å². The molecule has 1 atom stereocenters. The predicted octanol–water partition coefficient (Wildman–Crippen LogP) is 2.82. The molecule has 0 aliphatic carbocycles. The van der Waals surface area contributed by atoms with Crippen molar-refractivity contribution < 1.29 is 0 Å². The molecule has 5 nitrogen and oxygen atoms in total. The Morgan fingerprint density at radius 1 is 1.38 bits per heavy atom. The van der Waals surface area contributed by atoms with Gasteiger partial charge in [-0.05, 0) is 38.6 Å². The summed E-state index contributed by atoms with van der Waals surface area (Å²) in [6.45, 7) is 2.09. The number of rotatable bonds is 4. The Morgan fingerprint density at radius 3 is 3.05 bits per heavy atom. The molecule has 1 N–H and O–H groups in total. The number of nitrogens with zero attached hydrogens (tertiary/aromatic N) is 4. The molecule has 1 aromatic carbocycles. The van der Waals surface area contributed by atoms with Crippen LogP contribution in [-0.2, 0) is 0 Å². The number of hydrogen-bond donors (Lipinski definition) is 1. The number of likely N-dealkylation sites (tertiary alicyclic amines) is 1. The van der Waals surface area contributed by atoms with Crippen LogP contribution in [0.1, 0.15) is 19.3 Å². The van der Waals surface area contributed by atoms with E-state index in [9.17, 15) is 0 Å². The molecule has 1 saturated heterocycles. The van der Waals surface area contributed by atoms with Crippen molar-refractivity contribution in [2.24, 2.45) is 0 Å². The maximum absolute atomic E-state index is 6.33. The Bertz CT molecular complexity index is 584. The molecule has 0 amide bonds. The Morgan fingerprint density at radius 2 is 2.29 bits per heavy atom. The number of aromatic nitrogens is 3. The molecule has 0 spiro atoms. The maximum Gasteiger partial charge on any atom is 0.138 e. The lowest BCUT2D eigenvalue weighted by Gasteiger charge is -2.33. The van der Waals surface area contributed by atoms with E-state index in [0.717, 1.165) is 17.9 Å². The van der Waals surface area contributed by atoms with Crippen LogP contribution in [0.25, 0.3) is 5.69 Å². The summed E-state index contributed by atoms with van der Waals surface area (Å²) in [5.41, 5.74) is 1.85. The number of para-hydroxylation sites is 1. The molecule has 21 heavy (non-hydrogen) atoms. The summed E-state index contributed by atoms with van der Waals surface area (Å²) in [5.74, 6) is 0. The van der Waals surface area contributed by atoms with Crippen LogP contribution in [0.15, 0.2) is 30.9 Å². The third kappa shape index (κ3) is 3.19. The molecule has 2 heterocycles. The highest BCUT2D eigenvalue weighted by Gasteiger charge is 2.19. The SMILES string of the molecule is CN1CCCCC1CNc1cccc(Cl)c1-n1cncn1. The van der Waals surface area contributed by atoms with Crippen molar-refractivity contribution in [3.8, 4) is 5.69 Å². The number of likely N-dealkylation sites (N-methyl/N-ethyl adjacent to an activating group) is 1. The van der Waals surface area contributed by atoms with Crippen molar-refractivity contribution in [3.05, 3.63) is 35.9 Å². The van der Waals surface area contributed by atoms with E-state index in [2.05, 4.69) is 27.3 Å². The molecule has 2 aromatic rings. The van der Waals surface area contributed by atoms with Crippen LogP contribution in [0.4, 0.5) is 5.69 Å². The molecular formula is C15H20ClN5. The molecular weight excluding hydrogens is 286 g/mol. The third-order valence-corrected chi connectivity index (χ3v) is 4.39. The van der Waals surface area contributed by atoms with Crippen LogP contribution in [0.5, 0.6) is 0 Å². The van der Waals surface area contributed by atoms with Gasteiger partial charge < -0.3 is 10.2 Å². The first kappa shape index (κ1) is 14.4. The van der Waals surface area contributed by atoms with E-state index < -0.39 is 0 Å². The van der Waals surface area contributed by atoms with Gasteiger partial charge in [0.2, 0.25) is 0 Å². The number of nitrogens with one attached hydrogen (secondary N) is 1. The minimum atomic E-state index is 0.571. The van der Waals surface area contributed by atoms with Gasteiger partial charge in [0.25, 0.3) is 0 Å². The molecule has 3 rings (SSSR count). The quantitative estimate of drug-likeness (QED) is 0.943. The minimum absolute atomic E-state index is 0.571. The lowest BCUT2D eigenvalue weighted by atomic mass is 10.0. The fourth-order valence-electron chi connectivity index (χ4n) is 2.84. The van der Waals surface area contributed by atoms with Crippen molar-refractivity contribution in [2.75, 3.05) is 25.5 Å². The largest absolute Gasteiger partial charge is 0.382 e. The summed E-state index contributed by atoms with van der Waals surface area (Å²) in [6, 6.07) is 6.43. The second-order valence-electron chi connectivity index (χ2n) is 5.49. The standard InChI is InChI=1S/C15H20ClN5/c1-20-8-3-2-5-12(20)9-18-14-7-4-6-13(16)15(14)21-11-17-10-19-21/h4,6-7,10-12,18H,2-3,5,8-9H2,1H3. The Labute approximate surface area is 129 Å². The summed E-state index contributed by atoms with van der Waals surface area (Å²) in [5, 5.41) is 8.39. The zero-order valence-electron chi connectivity index (χ0n) is 12.2. The fourth-order valence-corrected chi connectivity index (χ4v) is 3.11. The van der Waals surface area contributed by atoms with E-state index in [4.69, 9.17) is 11.6 Å². The van der Waals surface area contributed by atoms with E-state index in [1.54, 1.807) is 11.0 Å². The van der Waals surface area contributed by atoms with Gasteiger partial charge in [0, 0.05) is 12.6 Å². The van der Waals surface area contributed by atoms with Crippen molar-refractivity contribution in [2.45, 2.75) is 25.3 Å². The van der Waals surface area contributed by atoms with Crippen LogP contribution in [0, 0.1) is 0 Å². The number of hydrogen-bond acceptors (Lipinski definition) is 4. The molecule has 6 heteroatoms. The Balaban J connectivity index is 1.78. The van der Waals surface area contributed by atoms with Crippen LogP contribution >= 0.6 is 11.6 Å². The van der Waals surface area contributed by atoms with E-state index in [0.29, 0.717) is 11.1 Å². The second kappa shape index (κ2) is 6.45. The zero-order valence-corrected chi connectivity index (χ0v) is 12.9. The first-order chi connectivity index (χ1) is 10.3. The third-order valence-electron chi connectivity index (χ3n) is 4.08. The fraction of sp³-hybridized carbons (Fsp3) is 0.467. The molecule has 112 valence electrons. The highest BCUT2D eigenvalue weighted by atomic mass is 35.5. The van der Waals surface area contributed by atoms with Crippen LogP contribution in [0.3, 0.4) is 0 Å². The van der Waals surface area contributed by atoms with Gasteiger partial charge in [0.1, 0.15) is 18.3 Å². The van der Waals surface area contributed by atoms with Crippen LogP contribution in [0.2, 0.25) is 5.02 Å². The van der Waals surface area contributed by atoms with E-state index in [1.165, 1.54) is 32.1 Å². The van der Waals surface area contributed by atoms with Gasteiger partial charge in [-0.25, -0.2) is 9.67 Å². The first-order valence-electron chi connectivity index (χ1n) is 7.33. The number of anilines is 1. The van der Waals surface area contributed by atoms with Gasteiger partial charge in [0.05, 0.1) is 10.7 Å². The van der Waals surface area contributed by atoms with Crippen molar-refractivity contribution in [1.82, 2.24) is 19.7 Å². The van der Waals surface area contributed by atoms with Gasteiger partial charge in [-0.2, -0.15) is 5.10 Å². The Hall–Kier alpha value is -1.59. The molecule has 1 aliphatic heterocycles. The summed E-state index contributed by atoms with van der Waals surface area (Å²) < 4.78 is 1.70. The molecule has 0 radical (unpaired) electrons. The topological polar surface area (TPSA) is 46.0 Å². The van der Waals surface area contributed by atoms with Gasteiger partial charge in [-0.3, -0.25) is 0 Å². The van der Waals surface area contributed by atoms with Gasteiger partial charge >= 0.3 is 0 Å². The van der Waals surface area contributed by atoms with Gasteiger partial charge in [-0.1, -0.05) is 24.1 Å². The lowest BCUT2D eigenvalue weighted by molar-refractivity contribution is 0.194. The second-order valence-corrected chi connectivity index (χ2v) is 5.89. The van der Waals surface area contributed by atoms with Crippen molar-refractivity contribution in [1.29, 1.82) is 0 Å². The average molecular weight is 306 g/mol. The average Bonchev–Trinajstić information content (AvgIpc) is 3.00. The number of benzene rings is 1. The molecule has 1 fully saturated rings. The normalized spacial score (nSPS) is 19.6. The maximum atomic E-state index is 6.33. The Kier molecular flexibility index (Phi) is 4.41. The van der Waals surface area contributed by atoms with Crippen LogP contribution < -0.4 is 5.32 Å². The molecule has 1 aliphatic rings. The highest BCUT2D eigenvalue weighted by Crippen LogP contribution is 2.28. The van der Waals surface area contributed by atoms with E-state index >= 15 is 0 Å². The number of piperidine rings is 1. The zero-order chi connectivity index (χ0) is 14.7. The highest BCUT2D eigenvalue weighted by molar-refractivity contribution is 6.33. The van der Waals surface area contributed by atoms with Crippen molar-refractivity contribution >= 4 is 17.3 Å². The van der Waals surface area contributed by atoms with Crippen LogP contribution in [-0.4, -0.2) is 45.8 Å². The molecule has 0 bridgehead atoms. The first-order valence-corrected chi connectivity index (χ1v) is 7.71. The minimum Gasteiger partial charge on any atom is -0.382 e. The summed E-state index contributed by atoms with van der Waals surface area (Å²) in [4.78, 5) is 6.43. The summed E-state index contributed by atoms with van der Waals surface area (Å²) in [7, 11) is 2.20. The number of halogens is 1. The summed E-state index contributed by atoms with van der Waals surface area (Å²) >= 11 is 6.33.